The van der Waals surface area contributed by atoms with Gasteiger partial charge in [0.1, 0.15) is 0 Å². The molecule has 1 aromatic carbocycles. The Morgan fingerprint density at radius 2 is 1.65 bits per heavy atom. The van der Waals surface area contributed by atoms with Crippen LogP contribution in [-0.4, -0.2) is 37.0 Å². The van der Waals surface area contributed by atoms with Gasteiger partial charge in [-0.3, -0.25) is 4.79 Å². The van der Waals surface area contributed by atoms with Gasteiger partial charge in [0.15, 0.2) is 5.76 Å². The molecule has 1 saturated heterocycles. The van der Waals surface area contributed by atoms with Crippen molar-refractivity contribution in [2.75, 3.05) is 31.1 Å². The van der Waals surface area contributed by atoms with Crippen LogP contribution in [0.15, 0.2) is 41.0 Å². The second-order valence-electron chi connectivity index (χ2n) is 5.89. The summed E-state index contributed by atoms with van der Waals surface area (Å²) in [5, 5.41) is 0. The molecule has 1 aliphatic heterocycles. The van der Waals surface area contributed by atoms with Crippen LogP contribution >= 0.6 is 0 Å². The van der Waals surface area contributed by atoms with Crippen molar-refractivity contribution in [3.8, 4) is 0 Å². The first-order valence-electron chi connectivity index (χ1n) is 8.43. The number of aryl methyl sites for hydroxylation is 2. The fourth-order valence-electron chi connectivity index (χ4n) is 3.31. The van der Waals surface area contributed by atoms with Crippen LogP contribution in [0.2, 0.25) is 0 Å². The second-order valence-corrected chi connectivity index (χ2v) is 5.89. The molecule has 0 radical (unpaired) electrons. The van der Waals surface area contributed by atoms with Crippen LogP contribution in [0.4, 0.5) is 5.69 Å². The van der Waals surface area contributed by atoms with Gasteiger partial charge in [0, 0.05) is 31.9 Å². The standard InChI is InChI=1S/C19H24N2O2/c1-3-15-7-5-8-16(4-2)18(15)20-10-12-21(13-11-20)19(22)17-9-6-14-23-17/h5-9,14H,3-4,10-13H2,1-2H3. The van der Waals surface area contributed by atoms with E-state index >= 15 is 0 Å². The molecule has 23 heavy (non-hydrogen) atoms. The average Bonchev–Trinajstić information content (AvgIpc) is 3.15. The molecule has 2 heterocycles. The molecule has 3 rings (SSSR count). The first-order chi connectivity index (χ1) is 11.2. The molecule has 0 aliphatic carbocycles. The fraction of sp³-hybridized carbons (Fsp3) is 0.421. The molecule has 1 aliphatic rings. The molecule has 0 spiro atoms. The van der Waals surface area contributed by atoms with Gasteiger partial charge in [-0.2, -0.15) is 0 Å². The number of carbonyl (C=O) groups excluding carboxylic acids is 1. The van der Waals surface area contributed by atoms with Gasteiger partial charge in [-0.25, -0.2) is 0 Å². The van der Waals surface area contributed by atoms with Crippen LogP contribution in [0.1, 0.15) is 35.5 Å². The number of piperazine rings is 1. The third-order valence-corrected chi connectivity index (χ3v) is 4.58. The van der Waals surface area contributed by atoms with E-state index in [9.17, 15) is 4.79 Å². The second kappa shape index (κ2) is 6.90. The summed E-state index contributed by atoms with van der Waals surface area (Å²) < 4.78 is 5.23. The lowest BCUT2D eigenvalue weighted by molar-refractivity contribution is 0.0714. The van der Waals surface area contributed by atoms with Crippen molar-refractivity contribution < 1.29 is 9.21 Å². The van der Waals surface area contributed by atoms with Gasteiger partial charge in [-0.15, -0.1) is 0 Å². The molecule has 122 valence electrons. The molecular weight excluding hydrogens is 288 g/mol. The summed E-state index contributed by atoms with van der Waals surface area (Å²) in [7, 11) is 0. The van der Waals surface area contributed by atoms with E-state index in [0.717, 1.165) is 39.0 Å². The Hall–Kier alpha value is -2.23. The summed E-state index contributed by atoms with van der Waals surface area (Å²) in [6.07, 6.45) is 3.62. The van der Waals surface area contributed by atoms with Crippen molar-refractivity contribution in [2.24, 2.45) is 0 Å². The highest BCUT2D eigenvalue weighted by molar-refractivity contribution is 5.91. The third-order valence-electron chi connectivity index (χ3n) is 4.58. The normalized spacial score (nSPS) is 15.0. The van der Waals surface area contributed by atoms with Crippen LogP contribution in [0.3, 0.4) is 0 Å². The highest BCUT2D eigenvalue weighted by Crippen LogP contribution is 2.28. The number of amides is 1. The van der Waals surface area contributed by atoms with Crippen LogP contribution in [0.25, 0.3) is 0 Å². The summed E-state index contributed by atoms with van der Waals surface area (Å²) in [6.45, 7) is 7.62. The summed E-state index contributed by atoms with van der Waals surface area (Å²) in [5.74, 6) is 0.427. The first-order valence-corrected chi connectivity index (χ1v) is 8.43. The number of furan rings is 1. The van der Waals surface area contributed by atoms with E-state index in [2.05, 4.69) is 36.9 Å². The molecule has 2 aromatic rings. The van der Waals surface area contributed by atoms with Gasteiger partial charge in [-0.1, -0.05) is 32.0 Å². The van der Waals surface area contributed by atoms with E-state index in [1.54, 1.807) is 18.4 Å². The lowest BCUT2D eigenvalue weighted by atomic mass is 10.0. The molecule has 0 N–H and O–H groups in total. The Morgan fingerprint density at radius 3 is 2.17 bits per heavy atom. The van der Waals surface area contributed by atoms with E-state index < -0.39 is 0 Å². The quantitative estimate of drug-likeness (QED) is 0.868. The number of hydrogen-bond acceptors (Lipinski definition) is 3. The molecule has 4 nitrogen and oxygen atoms in total. The maximum absolute atomic E-state index is 12.4. The minimum Gasteiger partial charge on any atom is -0.459 e. The van der Waals surface area contributed by atoms with Crippen LogP contribution in [0.5, 0.6) is 0 Å². The van der Waals surface area contributed by atoms with E-state index in [4.69, 9.17) is 4.42 Å². The van der Waals surface area contributed by atoms with E-state index in [0.29, 0.717) is 5.76 Å². The SMILES string of the molecule is CCc1cccc(CC)c1N1CCN(C(=O)c2ccco2)CC1. The van der Waals surface area contributed by atoms with Crippen molar-refractivity contribution in [3.63, 3.8) is 0 Å². The number of para-hydroxylation sites is 1. The van der Waals surface area contributed by atoms with E-state index in [1.807, 2.05) is 4.90 Å². The van der Waals surface area contributed by atoms with Gasteiger partial charge >= 0.3 is 0 Å². The predicted octanol–water partition coefficient (Wildman–Crippen LogP) is 3.37. The Bertz CT molecular complexity index is 634. The molecule has 0 atom stereocenters. The fourth-order valence-corrected chi connectivity index (χ4v) is 3.31. The summed E-state index contributed by atoms with van der Waals surface area (Å²) in [5.41, 5.74) is 4.17. The van der Waals surface area contributed by atoms with Crippen molar-refractivity contribution in [1.82, 2.24) is 4.90 Å². The minimum atomic E-state index is -0.00542. The summed E-state index contributed by atoms with van der Waals surface area (Å²) >= 11 is 0. The lowest BCUT2D eigenvalue weighted by Gasteiger charge is -2.37. The number of benzene rings is 1. The first kappa shape index (κ1) is 15.7. The average molecular weight is 312 g/mol. The Morgan fingerprint density at radius 1 is 1.00 bits per heavy atom. The van der Waals surface area contributed by atoms with E-state index in [-0.39, 0.29) is 5.91 Å². The largest absolute Gasteiger partial charge is 0.459 e. The molecule has 1 fully saturated rings. The van der Waals surface area contributed by atoms with Gasteiger partial charge in [0.2, 0.25) is 0 Å². The number of carbonyl (C=O) groups is 1. The van der Waals surface area contributed by atoms with Crippen LogP contribution in [-0.2, 0) is 12.8 Å². The summed E-state index contributed by atoms with van der Waals surface area (Å²) in [4.78, 5) is 16.7. The molecule has 1 aromatic heterocycles. The Labute approximate surface area is 137 Å². The van der Waals surface area contributed by atoms with Crippen LogP contribution in [0, 0.1) is 0 Å². The molecule has 0 unspecified atom stereocenters. The van der Waals surface area contributed by atoms with Gasteiger partial charge in [0.05, 0.1) is 6.26 Å². The molecule has 0 saturated carbocycles. The van der Waals surface area contributed by atoms with Gasteiger partial charge in [-0.05, 0) is 36.1 Å². The maximum Gasteiger partial charge on any atom is 0.289 e. The zero-order valence-corrected chi connectivity index (χ0v) is 13.9. The van der Waals surface area contributed by atoms with Crippen LogP contribution < -0.4 is 4.90 Å². The molecule has 0 bridgehead atoms. The molecule has 1 amide bonds. The highest BCUT2D eigenvalue weighted by atomic mass is 16.3. The third kappa shape index (κ3) is 3.11. The summed E-state index contributed by atoms with van der Waals surface area (Å²) in [6, 6.07) is 10.1. The molecule has 4 heteroatoms. The predicted molar refractivity (Wildman–Crippen MR) is 92.0 cm³/mol. The highest BCUT2D eigenvalue weighted by Gasteiger charge is 2.25. The monoisotopic (exact) mass is 312 g/mol. The Balaban J connectivity index is 1.73. The number of hydrogen-bond donors (Lipinski definition) is 0. The molecular formula is C19H24N2O2. The smallest absolute Gasteiger partial charge is 0.289 e. The van der Waals surface area contributed by atoms with Gasteiger partial charge in [0.25, 0.3) is 5.91 Å². The maximum atomic E-state index is 12.4. The minimum absolute atomic E-state index is 0.00542. The van der Waals surface area contributed by atoms with Gasteiger partial charge < -0.3 is 14.2 Å². The number of nitrogens with zero attached hydrogens (tertiary/aromatic N) is 2. The zero-order valence-electron chi connectivity index (χ0n) is 13.9. The van der Waals surface area contributed by atoms with Crippen molar-refractivity contribution in [1.29, 1.82) is 0 Å². The van der Waals surface area contributed by atoms with Crippen molar-refractivity contribution in [3.05, 3.63) is 53.5 Å². The topological polar surface area (TPSA) is 36.7 Å². The Kier molecular flexibility index (Phi) is 4.70. The number of anilines is 1. The number of rotatable bonds is 4. The van der Waals surface area contributed by atoms with Crippen molar-refractivity contribution in [2.45, 2.75) is 26.7 Å². The van der Waals surface area contributed by atoms with E-state index in [1.165, 1.54) is 16.8 Å². The lowest BCUT2D eigenvalue weighted by Crippen LogP contribution is -2.49. The van der Waals surface area contributed by atoms with Crippen molar-refractivity contribution >= 4 is 11.6 Å². The zero-order chi connectivity index (χ0) is 16.2.